The largest absolute Gasteiger partial charge is 0.381 e. The van der Waals surface area contributed by atoms with Gasteiger partial charge in [-0.2, -0.15) is 5.10 Å². The van der Waals surface area contributed by atoms with Gasteiger partial charge in [-0.05, 0) is 37.8 Å². The Labute approximate surface area is 149 Å². The van der Waals surface area contributed by atoms with Gasteiger partial charge in [-0.1, -0.05) is 35.9 Å². The molecule has 1 N–H and O–H groups in total. The molecule has 5 heteroatoms. The van der Waals surface area contributed by atoms with Crippen LogP contribution in [0, 0.1) is 13.8 Å². The van der Waals surface area contributed by atoms with Crippen molar-refractivity contribution in [1.29, 1.82) is 0 Å². The second kappa shape index (κ2) is 7.26. The molecular formula is C19H26ClN3O. The molecule has 1 aliphatic heterocycles. The Balaban J connectivity index is 1.77. The normalized spacial score (nSPS) is 17.2. The number of halogens is 1. The van der Waals surface area contributed by atoms with E-state index in [1.807, 2.05) is 14.0 Å². The minimum atomic E-state index is 0.131. The minimum absolute atomic E-state index is 0.131. The van der Waals surface area contributed by atoms with Crippen molar-refractivity contribution < 1.29 is 4.74 Å². The summed E-state index contributed by atoms with van der Waals surface area (Å²) < 4.78 is 7.37. The van der Waals surface area contributed by atoms with Crippen LogP contribution in [0.3, 0.4) is 0 Å². The van der Waals surface area contributed by atoms with Gasteiger partial charge in [-0.25, -0.2) is 0 Å². The molecule has 4 nitrogen and oxygen atoms in total. The lowest BCUT2D eigenvalue weighted by atomic mass is 9.72. The summed E-state index contributed by atoms with van der Waals surface area (Å²) in [6.45, 7) is 7.52. The van der Waals surface area contributed by atoms with E-state index in [1.165, 1.54) is 11.1 Å². The fraction of sp³-hybridized carbons (Fsp3) is 0.526. The predicted molar refractivity (Wildman–Crippen MR) is 97.6 cm³/mol. The second-order valence-corrected chi connectivity index (χ2v) is 7.15. The van der Waals surface area contributed by atoms with Gasteiger partial charge >= 0.3 is 0 Å². The van der Waals surface area contributed by atoms with Crippen LogP contribution < -0.4 is 5.32 Å². The summed E-state index contributed by atoms with van der Waals surface area (Å²) in [6, 6.07) is 8.72. The van der Waals surface area contributed by atoms with Gasteiger partial charge in [0.05, 0.1) is 5.69 Å². The van der Waals surface area contributed by atoms with E-state index in [2.05, 4.69) is 41.6 Å². The summed E-state index contributed by atoms with van der Waals surface area (Å²) in [5, 5.41) is 8.75. The van der Waals surface area contributed by atoms with Crippen LogP contribution in [0.2, 0.25) is 5.15 Å². The number of hydrogen-bond donors (Lipinski definition) is 1. The molecule has 24 heavy (non-hydrogen) atoms. The van der Waals surface area contributed by atoms with E-state index >= 15 is 0 Å². The number of aromatic nitrogens is 2. The summed E-state index contributed by atoms with van der Waals surface area (Å²) in [6.07, 6.45) is 2.09. The molecule has 1 aliphatic rings. The van der Waals surface area contributed by atoms with Crippen molar-refractivity contribution in [2.75, 3.05) is 19.8 Å². The topological polar surface area (TPSA) is 39.1 Å². The molecule has 0 radical (unpaired) electrons. The fourth-order valence-corrected chi connectivity index (χ4v) is 4.01. The number of rotatable bonds is 5. The summed E-state index contributed by atoms with van der Waals surface area (Å²) in [5.41, 5.74) is 5.01. The van der Waals surface area contributed by atoms with E-state index in [4.69, 9.17) is 16.3 Å². The lowest BCUT2D eigenvalue weighted by Crippen LogP contribution is -2.43. The zero-order valence-electron chi connectivity index (χ0n) is 14.7. The van der Waals surface area contributed by atoms with Crippen molar-refractivity contribution in [2.45, 2.75) is 38.6 Å². The summed E-state index contributed by atoms with van der Waals surface area (Å²) in [5.74, 6) is 0. The Morgan fingerprint density at radius 2 is 1.96 bits per heavy atom. The average molecular weight is 348 g/mol. The zero-order valence-corrected chi connectivity index (χ0v) is 15.5. The smallest absolute Gasteiger partial charge is 0.131 e. The molecule has 0 bridgehead atoms. The first-order valence-corrected chi connectivity index (χ1v) is 8.94. The fourth-order valence-electron chi connectivity index (χ4n) is 3.77. The highest BCUT2D eigenvalue weighted by Crippen LogP contribution is 2.36. The maximum absolute atomic E-state index is 6.35. The van der Waals surface area contributed by atoms with Crippen LogP contribution in [-0.2, 0) is 23.7 Å². The molecular weight excluding hydrogens is 322 g/mol. The van der Waals surface area contributed by atoms with Crippen molar-refractivity contribution >= 4 is 11.6 Å². The van der Waals surface area contributed by atoms with Crippen LogP contribution in [0.1, 0.15) is 35.2 Å². The number of hydrogen-bond acceptors (Lipinski definition) is 3. The maximum atomic E-state index is 6.35. The first-order chi connectivity index (χ1) is 11.5. The SMILES string of the molecule is Cc1ccccc1C1(CNCc2c(C)nn(C)c2Cl)CCOCC1. The molecule has 1 aromatic carbocycles. The van der Waals surface area contributed by atoms with Crippen LogP contribution in [0.4, 0.5) is 0 Å². The highest BCUT2D eigenvalue weighted by Gasteiger charge is 2.35. The summed E-state index contributed by atoms with van der Waals surface area (Å²) in [4.78, 5) is 0. The number of ether oxygens (including phenoxy) is 1. The molecule has 130 valence electrons. The molecule has 2 aromatic rings. The Morgan fingerprint density at radius 1 is 1.25 bits per heavy atom. The van der Waals surface area contributed by atoms with Gasteiger partial charge in [0.15, 0.2) is 0 Å². The summed E-state index contributed by atoms with van der Waals surface area (Å²) in [7, 11) is 1.88. The second-order valence-electron chi connectivity index (χ2n) is 6.79. The molecule has 2 heterocycles. The highest BCUT2D eigenvalue weighted by atomic mass is 35.5. The Hall–Kier alpha value is -1.36. The molecule has 1 aromatic heterocycles. The monoisotopic (exact) mass is 347 g/mol. The van der Waals surface area contributed by atoms with Crippen molar-refractivity contribution in [2.24, 2.45) is 7.05 Å². The van der Waals surface area contributed by atoms with E-state index in [1.54, 1.807) is 4.68 Å². The van der Waals surface area contributed by atoms with Crippen molar-refractivity contribution in [3.05, 3.63) is 51.8 Å². The molecule has 1 saturated heterocycles. The van der Waals surface area contributed by atoms with Gasteiger partial charge in [-0.15, -0.1) is 0 Å². The van der Waals surface area contributed by atoms with Crippen LogP contribution in [0.15, 0.2) is 24.3 Å². The quantitative estimate of drug-likeness (QED) is 0.899. The molecule has 0 amide bonds. The minimum Gasteiger partial charge on any atom is -0.381 e. The molecule has 0 saturated carbocycles. The van der Waals surface area contributed by atoms with Crippen LogP contribution in [-0.4, -0.2) is 29.5 Å². The molecule has 1 fully saturated rings. The van der Waals surface area contributed by atoms with Crippen molar-refractivity contribution in [3.8, 4) is 0 Å². The molecule has 3 rings (SSSR count). The Bertz CT molecular complexity index is 705. The van der Waals surface area contributed by atoms with E-state index in [9.17, 15) is 0 Å². The third-order valence-electron chi connectivity index (χ3n) is 5.20. The molecule has 0 aliphatic carbocycles. The van der Waals surface area contributed by atoms with Crippen molar-refractivity contribution in [3.63, 3.8) is 0 Å². The van der Waals surface area contributed by atoms with Gasteiger partial charge in [-0.3, -0.25) is 4.68 Å². The molecule has 0 spiro atoms. The van der Waals surface area contributed by atoms with E-state index in [0.717, 1.165) is 55.6 Å². The lowest BCUT2D eigenvalue weighted by Gasteiger charge is -2.39. The first kappa shape index (κ1) is 17.5. The number of benzene rings is 1. The van der Waals surface area contributed by atoms with Gasteiger partial charge in [0, 0.05) is 44.3 Å². The molecule has 0 atom stereocenters. The number of aryl methyl sites for hydroxylation is 3. The van der Waals surface area contributed by atoms with E-state index in [-0.39, 0.29) is 5.41 Å². The van der Waals surface area contributed by atoms with Gasteiger partial charge in [0.1, 0.15) is 5.15 Å². The number of nitrogens with zero attached hydrogens (tertiary/aromatic N) is 2. The maximum Gasteiger partial charge on any atom is 0.131 e. The van der Waals surface area contributed by atoms with Crippen LogP contribution in [0.25, 0.3) is 0 Å². The molecule has 0 unspecified atom stereocenters. The Morgan fingerprint density at radius 3 is 2.58 bits per heavy atom. The Kier molecular flexibility index (Phi) is 5.28. The van der Waals surface area contributed by atoms with E-state index in [0.29, 0.717) is 0 Å². The van der Waals surface area contributed by atoms with E-state index < -0.39 is 0 Å². The zero-order chi connectivity index (χ0) is 17.2. The lowest BCUT2D eigenvalue weighted by molar-refractivity contribution is 0.0495. The summed E-state index contributed by atoms with van der Waals surface area (Å²) >= 11 is 6.35. The van der Waals surface area contributed by atoms with Crippen LogP contribution in [0.5, 0.6) is 0 Å². The van der Waals surface area contributed by atoms with Gasteiger partial charge < -0.3 is 10.1 Å². The van der Waals surface area contributed by atoms with Crippen molar-refractivity contribution in [1.82, 2.24) is 15.1 Å². The predicted octanol–water partition coefficient (Wildman–Crippen LogP) is 3.53. The standard InChI is InChI=1S/C19H26ClN3O/c1-14-6-4-5-7-17(14)19(8-10-24-11-9-19)13-21-12-16-15(2)22-23(3)18(16)20/h4-7,21H,8-13H2,1-3H3. The van der Waals surface area contributed by atoms with Gasteiger partial charge in [0.25, 0.3) is 0 Å². The highest BCUT2D eigenvalue weighted by molar-refractivity contribution is 6.30. The number of nitrogens with one attached hydrogen (secondary N) is 1. The first-order valence-electron chi connectivity index (χ1n) is 8.56. The van der Waals surface area contributed by atoms with Gasteiger partial charge in [0.2, 0.25) is 0 Å². The third-order valence-corrected chi connectivity index (χ3v) is 5.67. The van der Waals surface area contributed by atoms with Crippen LogP contribution >= 0.6 is 11.6 Å². The third kappa shape index (κ3) is 3.37. The average Bonchev–Trinajstić information content (AvgIpc) is 2.82.